The third-order valence-electron chi connectivity index (χ3n) is 7.42. The summed E-state index contributed by atoms with van der Waals surface area (Å²) in [6.07, 6.45) is 7.45. The fourth-order valence-electron chi connectivity index (χ4n) is 4.93. The van der Waals surface area contributed by atoms with Gasteiger partial charge < -0.3 is 14.9 Å². The van der Waals surface area contributed by atoms with Crippen molar-refractivity contribution in [3.8, 4) is 11.6 Å². The fraction of sp³-hybridized carbons (Fsp3) is 0.242. The lowest BCUT2D eigenvalue weighted by Gasteiger charge is -2.18. The summed E-state index contributed by atoms with van der Waals surface area (Å²) in [5.74, 6) is -1.94. The predicted molar refractivity (Wildman–Crippen MR) is 198 cm³/mol. The number of aromatic hydroxyl groups is 1. The SMILES string of the molecule is CCN(CC)C(=O)C1=NN(c2c(Cl)cc(Cl)cc2Cl)C(=O)\C1=C/C=C/C=C/c1c(C(=O)N(CC)CC)nn(-c2c(Cl)cc(Cl)cc2Cl)c1O. The van der Waals surface area contributed by atoms with Gasteiger partial charge in [0.05, 0.1) is 31.2 Å². The van der Waals surface area contributed by atoms with Gasteiger partial charge >= 0.3 is 0 Å². The highest BCUT2D eigenvalue weighted by Crippen LogP contribution is 2.40. The molecule has 258 valence electrons. The second kappa shape index (κ2) is 16.5. The first-order valence-corrected chi connectivity index (χ1v) is 17.2. The van der Waals surface area contributed by atoms with Gasteiger partial charge in [0.25, 0.3) is 17.7 Å². The van der Waals surface area contributed by atoms with Crippen LogP contribution in [-0.2, 0) is 9.59 Å². The Morgan fingerprint density at radius 2 is 1.24 bits per heavy atom. The van der Waals surface area contributed by atoms with Crippen molar-refractivity contribution in [3.05, 3.63) is 95.5 Å². The van der Waals surface area contributed by atoms with Gasteiger partial charge in [-0.25, -0.2) is 0 Å². The number of hydrazone groups is 1. The molecule has 1 N–H and O–H groups in total. The molecule has 2 heterocycles. The first kappa shape index (κ1) is 38.3. The van der Waals surface area contributed by atoms with E-state index in [1.807, 2.05) is 27.7 Å². The molecule has 1 aliphatic rings. The number of hydrogen-bond donors (Lipinski definition) is 1. The van der Waals surface area contributed by atoms with Crippen molar-refractivity contribution in [3.63, 3.8) is 0 Å². The van der Waals surface area contributed by atoms with Gasteiger partial charge in [-0.15, -0.1) is 0 Å². The van der Waals surface area contributed by atoms with Crippen LogP contribution >= 0.6 is 69.6 Å². The van der Waals surface area contributed by atoms with Gasteiger partial charge in [0.2, 0.25) is 5.88 Å². The lowest BCUT2D eigenvalue weighted by atomic mass is 10.1. The number of carbonyl (C=O) groups is 3. The molecule has 0 saturated carbocycles. The Balaban J connectivity index is 1.76. The molecule has 0 atom stereocenters. The van der Waals surface area contributed by atoms with Crippen LogP contribution in [0.1, 0.15) is 43.7 Å². The fourth-order valence-corrected chi connectivity index (χ4v) is 6.88. The number of aromatic nitrogens is 2. The molecule has 1 aliphatic heterocycles. The predicted octanol–water partition coefficient (Wildman–Crippen LogP) is 8.75. The molecule has 0 aliphatic carbocycles. The van der Waals surface area contributed by atoms with Gasteiger partial charge in [0.15, 0.2) is 11.4 Å². The number of benzene rings is 2. The molecule has 10 nitrogen and oxygen atoms in total. The average Bonchev–Trinajstić information content (AvgIpc) is 3.53. The van der Waals surface area contributed by atoms with Gasteiger partial charge in [0, 0.05) is 36.2 Å². The van der Waals surface area contributed by atoms with Crippen molar-refractivity contribution in [2.75, 3.05) is 31.2 Å². The Morgan fingerprint density at radius 1 is 0.755 bits per heavy atom. The highest BCUT2D eigenvalue weighted by atomic mass is 35.5. The largest absolute Gasteiger partial charge is 0.493 e. The molecule has 0 fully saturated rings. The number of amides is 3. The van der Waals surface area contributed by atoms with Gasteiger partial charge in [-0.1, -0.05) is 87.8 Å². The third-order valence-corrected chi connectivity index (χ3v) is 9.00. The van der Waals surface area contributed by atoms with Crippen LogP contribution in [0.15, 0.2) is 59.2 Å². The highest BCUT2D eigenvalue weighted by molar-refractivity contribution is 6.55. The molecule has 49 heavy (non-hydrogen) atoms. The number of nitrogens with zero attached hydrogens (tertiary/aromatic N) is 6. The van der Waals surface area contributed by atoms with E-state index in [2.05, 4.69) is 10.2 Å². The van der Waals surface area contributed by atoms with Crippen molar-refractivity contribution in [1.82, 2.24) is 19.6 Å². The summed E-state index contributed by atoms with van der Waals surface area (Å²) in [5, 5.41) is 21.8. The summed E-state index contributed by atoms with van der Waals surface area (Å²) in [6.45, 7) is 8.82. The van der Waals surface area contributed by atoms with Crippen LogP contribution in [0.25, 0.3) is 11.8 Å². The molecule has 2 aromatic carbocycles. The summed E-state index contributed by atoms with van der Waals surface area (Å²) >= 11 is 37.7. The maximum atomic E-state index is 13.6. The Morgan fingerprint density at radius 3 is 1.76 bits per heavy atom. The monoisotopic (exact) mass is 784 g/mol. The molecule has 4 rings (SSSR count). The number of carbonyl (C=O) groups excluding carboxylic acids is 3. The molecule has 1 aromatic heterocycles. The van der Waals surface area contributed by atoms with Gasteiger partial charge in [-0.3, -0.25) is 14.4 Å². The van der Waals surface area contributed by atoms with E-state index >= 15 is 0 Å². The Kier molecular flexibility index (Phi) is 12.9. The number of halogens is 6. The second-order valence-corrected chi connectivity index (χ2v) is 12.8. The minimum atomic E-state index is -0.641. The molecule has 0 radical (unpaired) electrons. The number of allylic oxidation sites excluding steroid dienone is 4. The first-order chi connectivity index (χ1) is 23.3. The number of hydrogen-bond acceptors (Lipinski definition) is 6. The standard InChI is InChI=1S/C33H30Cl6N6O4/c1-5-42(6-2)32(48)26-20(30(46)44(40-26)28-22(36)14-18(34)15-23(28)37)12-10-9-11-13-21-27(33(49)43(7-3)8-4)41-45(31(21)47)29-24(38)16-19(35)17-25(29)39/h9-17,46H,5-8H2,1-4H3/b11-9+,12-10+,21-13-. The number of rotatable bonds is 11. The van der Waals surface area contributed by atoms with E-state index in [0.29, 0.717) is 26.2 Å². The highest BCUT2D eigenvalue weighted by Gasteiger charge is 2.38. The number of anilines is 1. The van der Waals surface area contributed by atoms with E-state index in [4.69, 9.17) is 69.6 Å². The molecular weight excluding hydrogens is 757 g/mol. The van der Waals surface area contributed by atoms with Crippen molar-refractivity contribution in [2.24, 2.45) is 5.10 Å². The Bertz CT molecular complexity index is 1880. The summed E-state index contributed by atoms with van der Waals surface area (Å²) < 4.78 is 1.07. The maximum absolute atomic E-state index is 13.6. The van der Waals surface area contributed by atoms with Crippen LogP contribution in [0.2, 0.25) is 30.1 Å². The van der Waals surface area contributed by atoms with Crippen molar-refractivity contribution >= 4 is 105 Å². The topological polar surface area (TPSA) is 111 Å². The van der Waals surface area contributed by atoms with Gasteiger partial charge in [-0.2, -0.15) is 19.9 Å². The van der Waals surface area contributed by atoms with Crippen LogP contribution in [-0.4, -0.2) is 74.3 Å². The molecule has 0 unspecified atom stereocenters. The van der Waals surface area contributed by atoms with Crippen LogP contribution in [0.5, 0.6) is 5.88 Å². The van der Waals surface area contributed by atoms with Crippen LogP contribution in [0.3, 0.4) is 0 Å². The quantitative estimate of drug-likeness (QED) is 0.154. The van der Waals surface area contributed by atoms with E-state index in [0.717, 1.165) is 9.69 Å². The van der Waals surface area contributed by atoms with E-state index in [-0.39, 0.29) is 64.1 Å². The van der Waals surface area contributed by atoms with Crippen LogP contribution < -0.4 is 5.01 Å². The Hall–Kier alpha value is -3.51. The summed E-state index contributed by atoms with van der Waals surface area (Å²) in [4.78, 5) is 43.6. The second-order valence-electron chi connectivity index (χ2n) is 10.3. The summed E-state index contributed by atoms with van der Waals surface area (Å²) in [7, 11) is 0. The minimum Gasteiger partial charge on any atom is -0.493 e. The van der Waals surface area contributed by atoms with Crippen molar-refractivity contribution in [2.45, 2.75) is 27.7 Å². The Labute approximate surface area is 313 Å². The van der Waals surface area contributed by atoms with E-state index in [1.54, 1.807) is 4.90 Å². The summed E-state index contributed by atoms with van der Waals surface area (Å²) in [5.41, 5.74) is 0.132. The zero-order valence-corrected chi connectivity index (χ0v) is 31.2. The normalized spacial score (nSPS) is 14.1. The molecule has 0 saturated heterocycles. The minimum absolute atomic E-state index is 0.0104. The molecule has 3 aromatic rings. The van der Waals surface area contributed by atoms with Gasteiger partial charge in [-0.05, 0) is 64.1 Å². The molecule has 0 spiro atoms. The lowest BCUT2D eigenvalue weighted by molar-refractivity contribution is -0.123. The van der Waals surface area contributed by atoms with E-state index < -0.39 is 23.6 Å². The summed E-state index contributed by atoms with van der Waals surface area (Å²) in [6, 6.07) is 5.70. The van der Waals surface area contributed by atoms with Crippen molar-refractivity contribution in [1.29, 1.82) is 0 Å². The van der Waals surface area contributed by atoms with Crippen LogP contribution in [0.4, 0.5) is 5.69 Å². The molecule has 3 amide bonds. The zero-order chi connectivity index (χ0) is 36.2. The zero-order valence-electron chi connectivity index (χ0n) is 26.6. The maximum Gasteiger partial charge on any atom is 0.281 e. The third kappa shape index (κ3) is 7.95. The van der Waals surface area contributed by atoms with Crippen molar-refractivity contribution < 1.29 is 19.5 Å². The molecule has 0 bridgehead atoms. The molecular formula is C33H30Cl6N6O4. The van der Waals surface area contributed by atoms with E-state index in [1.165, 1.54) is 59.5 Å². The van der Waals surface area contributed by atoms with Crippen LogP contribution in [0, 0.1) is 0 Å². The average molecular weight is 787 g/mol. The first-order valence-electron chi connectivity index (χ1n) is 15.0. The smallest absolute Gasteiger partial charge is 0.281 e. The lowest BCUT2D eigenvalue weighted by Crippen LogP contribution is -2.36. The van der Waals surface area contributed by atoms with Gasteiger partial charge in [0.1, 0.15) is 11.4 Å². The molecule has 16 heteroatoms. The van der Waals surface area contributed by atoms with E-state index in [9.17, 15) is 19.5 Å².